The van der Waals surface area contributed by atoms with Crippen LogP contribution in [0.1, 0.15) is 123 Å². The molecule has 2 fully saturated rings. The summed E-state index contributed by atoms with van der Waals surface area (Å²) in [4.78, 5) is 21.9. The smallest absolute Gasteiger partial charge is 0.256 e. The van der Waals surface area contributed by atoms with E-state index in [9.17, 15) is 9.90 Å². The zero-order chi connectivity index (χ0) is 31.1. The second-order valence-electron chi connectivity index (χ2n) is 12.4. The molecule has 0 aromatic carbocycles. The van der Waals surface area contributed by atoms with Crippen LogP contribution in [0, 0.1) is 31.6 Å². The molecule has 1 aromatic rings. The van der Waals surface area contributed by atoms with Gasteiger partial charge < -0.3 is 14.9 Å². The summed E-state index contributed by atoms with van der Waals surface area (Å²) in [6.07, 6.45) is 12.1. The Balaban J connectivity index is 0.000000814. The Kier molecular flexibility index (Phi) is 17.3. The van der Waals surface area contributed by atoms with Crippen molar-refractivity contribution in [2.75, 3.05) is 26.2 Å². The lowest BCUT2D eigenvalue weighted by Crippen LogP contribution is -2.39. The lowest BCUT2D eigenvalue weighted by atomic mass is 9.78. The lowest BCUT2D eigenvalue weighted by Gasteiger charge is -2.39. The van der Waals surface area contributed by atoms with Crippen molar-refractivity contribution >= 4 is 0 Å². The third kappa shape index (κ3) is 11.6. The number of aromatic nitrogens is 2. The molecule has 0 saturated carbocycles. The van der Waals surface area contributed by atoms with Crippen molar-refractivity contribution in [1.82, 2.24) is 19.4 Å². The van der Waals surface area contributed by atoms with Gasteiger partial charge in [0.25, 0.3) is 5.56 Å². The highest BCUT2D eigenvalue weighted by Gasteiger charge is 2.34. The summed E-state index contributed by atoms with van der Waals surface area (Å²) in [5.41, 5.74) is 3.94. The first kappa shape index (κ1) is 36.9. The summed E-state index contributed by atoms with van der Waals surface area (Å²) in [6, 6.07) is 0. The van der Waals surface area contributed by atoms with E-state index >= 15 is 0 Å². The molecule has 2 aliphatic heterocycles. The number of aliphatic hydroxyl groups is 1. The zero-order valence-electron chi connectivity index (χ0n) is 28.5. The van der Waals surface area contributed by atoms with Gasteiger partial charge in [-0.2, -0.15) is 0 Å². The predicted octanol–water partition coefficient (Wildman–Crippen LogP) is 8.33. The Bertz CT molecular complexity index is 996. The van der Waals surface area contributed by atoms with Gasteiger partial charge in [0.15, 0.2) is 0 Å². The largest absolute Gasteiger partial charge is 0.511 e. The van der Waals surface area contributed by atoms with Crippen LogP contribution in [0.5, 0.6) is 0 Å². The zero-order valence-corrected chi connectivity index (χ0v) is 28.5. The lowest BCUT2D eigenvalue weighted by molar-refractivity contribution is 0.144. The first-order chi connectivity index (χ1) is 19.4. The van der Waals surface area contributed by atoms with E-state index in [1.54, 1.807) is 18.5 Å². The molecule has 0 radical (unpaired) electrons. The summed E-state index contributed by atoms with van der Waals surface area (Å²) in [5.74, 6) is 2.93. The third-order valence-electron chi connectivity index (χ3n) is 9.11. The van der Waals surface area contributed by atoms with E-state index in [2.05, 4.69) is 56.0 Å². The molecule has 0 aliphatic carbocycles. The number of rotatable bonds is 8. The molecule has 2 aliphatic rings. The standard InChI is InChI=1S/C26H42N4O2.C5H12.C4H10/c1-17-8-15-30(19(3)21(5)31)20(4)25(16-17)23-9-12-29(13-10-23)14-11-24-18(2)27-22(6)28(7)26(24)32;1-3-5-4-2;1-3-4-2/h17,23,25,31H,4,8-16H2,1-3,5-7H3;3-5H2,1-2H3;3-4H2,1-2H3/b21-19+;;. The van der Waals surface area contributed by atoms with Crippen molar-refractivity contribution < 1.29 is 5.11 Å². The van der Waals surface area contributed by atoms with Crippen molar-refractivity contribution in [3.8, 4) is 0 Å². The Hall–Kier alpha value is -2.08. The molecule has 2 atom stereocenters. The summed E-state index contributed by atoms with van der Waals surface area (Å²) in [7, 11) is 1.80. The highest BCUT2D eigenvalue weighted by molar-refractivity contribution is 5.18. The van der Waals surface area contributed by atoms with Crippen LogP contribution in [0.4, 0.5) is 0 Å². The molecule has 6 nitrogen and oxygen atoms in total. The summed E-state index contributed by atoms with van der Waals surface area (Å²) >= 11 is 0. The number of hydrogen-bond donors (Lipinski definition) is 1. The average Bonchev–Trinajstić information content (AvgIpc) is 3.10. The van der Waals surface area contributed by atoms with E-state index in [0.29, 0.717) is 23.5 Å². The van der Waals surface area contributed by atoms with Gasteiger partial charge in [-0.05, 0) is 84.7 Å². The van der Waals surface area contributed by atoms with Gasteiger partial charge in [0, 0.05) is 43.0 Å². The minimum absolute atomic E-state index is 0.0938. The van der Waals surface area contributed by atoms with Crippen LogP contribution in [0.2, 0.25) is 0 Å². The van der Waals surface area contributed by atoms with Crippen molar-refractivity contribution in [1.29, 1.82) is 0 Å². The number of aliphatic hydroxyl groups excluding tert-OH is 1. The monoisotopic (exact) mass is 573 g/mol. The molecule has 0 bridgehead atoms. The van der Waals surface area contributed by atoms with Crippen LogP contribution in [0.25, 0.3) is 0 Å². The second-order valence-corrected chi connectivity index (χ2v) is 12.4. The molecule has 1 N–H and O–H groups in total. The van der Waals surface area contributed by atoms with Crippen LogP contribution in [0.15, 0.2) is 28.5 Å². The number of likely N-dealkylation sites (tertiary alicyclic amines) is 2. The van der Waals surface area contributed by atoms with E-state index in [-0.39, 0.29) is 5.56 Å². The van der Waals surface area contributed by atoms with Gasteiger partial charge in [0.05, 0.1) is 5.70 Å². The molecule has 6 heteroatoms. The molecule has 41 heavy (non-hydrogen) atoms. The first-order valence-electron chi connectivity index (χ1n) is 16.5. The number of piperidine rings is 1. The number of nitrogens with zero attached hydrogens (tertiary/aromatic N) is 4. The molecular formula is C35H64N4O2. The van der Waals surface area contributed by atoms with Crippen molar-refractivity contribution in [3.05, 3.63) is 51.2 Å². The van der Waals surface area contributed by atoms with Crippen LogP contribution in [-0.2, 0) is 13.5 Å². The van der Waals surface area contributed by atoms with Gasteiger partial charge in [-0.15, -0.1) is 0 Å². The quantitative estimate of drug-likeness (QED) is 0.317. The number of aryl methyl sites for hydroxylation is 2. The molecule has 3 rings (SSSR count). The van der Waals surface area contributed by atoms with E-state index in [4.69, 9.17) is 0 Å². The number of allylic oxidation sites excluding steroid dienone is 3. The number of unbranched alkanes of at least 4 members (excludes halogenated alkanes) is 3. The Labute approximate surface area is 252 Å². The van der Waals surface area contributed by atoms with Crippen LogP contribution < -0.4 is 5.56 Å². The van der Waals surface area contributed by atoms with E-state index in [0.717, 1.165) is 74.6 Å². The molecule has 3 heterocycles. The van der Waals surface area contributed by atoms with Gasteiger partial charge in [0.1, 0.15) is 11.6 Å². The van der Waals surface area contributed by atoms with Crippen LogP contribution in [0.3, 0.4) is 0 Å². The fraction of sp³-hybridized carbons (Fsp3) is 0.771. The average molecular weight is 573 g/mol. The van der Waals surface area contributed by atoms with Crippen molar-refractivity contribution in [3.63, 3.8) is 0 Å². The molecule has 1 aromatic heterocycles. The normalized spacial score (nSPS) is 20.8. The summed E-state index contributed by atoms with van der Waals surface area (Å²) in [5, 5.41) is 10.1. The minimum atomic E-state index is 0.0938. The van der Waals surface area contributed by atoms with Gasteiger partial charge in [-0.1, -0.05) is 73.3 Å². The van der Waals surface area contributed by atoms with Crippen molar-refractivity contribution in [2.24, 2.45) is 24.8 Å². The van der Waals surface area contributed by atoms with E-state index < -0.39 is 0 Å². The van der Waals surface area contributed by atoms with Crippen molar-refractivity contribution in [2.45, 2.75) is 127 Å². The minimum Gasteiger partial charge on any atom is -0.511 e. The van der Waals surface area contributed by atoms with Gasteiger partial charge in [-0.25, -0.2) is 4.98 Å². The molecular weight excluding hydrogens is 508 g/mol. The van der Waals surface area contributed by atoms with Crippen LogP contribution >= 0.6 is 0 Å². The van der Waals surface area contributed by atoms with E-state index in [1.165, 1.54) is 44.2 Å². The highest BCUT2D eigenvalue weighted by Crippen LogP contribution is 2.40. The van der Waals surface area contributed by atoms with Gasteiger partial charge >= 0.3 is 0 Å². The summed E-state index contributed by atoms with van der Waals surface area (Å²) < 4.78 is 1.66. The number of hydrogen-bond acceptors (Lipinski definition) is 5. The third-order valence-corrected chi connectivity index (χ3v) is 9.11. The highest BCUT2D eigenvalue weighted by atomic mass is 16.3. The molecule has 2 unspecified atom stereocenters. The Morgan fingerprint density at radius 1 is 0.976 bits per heavy atom. The first-order valence-corrected chi connectivity index (χ1v) is 16.5. The SMILES string of the molecule is C=C1C(C2CCN(CCc3c(C)nc(C)n(C)c3=O)CC2)CC(C)CCN1/C(C)=C(\C)O.CCCC.CCCCC. The Morgan fingerprint density at radius 2 is 1.56 bits per heavy atom. The maximum Gasteiger partial charge on any atom is 0.256 e. The molecule has 236 valence electrons. The second kappa shape index (κ2) is 19.2. The summed E-state index contributed by atoms with van der Waals surface area (Å²) in [6.45, 7) is 27.2. The molecule has 2 saturated heterocycles. The van der Waals surface area contributed by atoms with Gasteiger partial charge in [0.2, 0.25) is 0 Å². The van der Waals surface area contributed by atoms with Gasteiger partial charge in [-0.3, -0.25) is 9.36 Å². The maximum atomic E-state index is 12.6. The predicted molar refractivity (Wildman–Crippen MR) is 176 cm³/mol. The molecule has 0 amide bonds. The van der Waals surface area contributed by atoms with E-state index in [1.807, 2.05) is 20.8 Å². The topological polar surface area (TPSA) is 61.6 Å². The van der Waals surface area contributed by atoms with Crippen LogP contribution in [-0.4, -0.2) is 50.6 Å². The Morgan fingerprint density at radius 3 is 2.05 bits per heavy atom. The fourth-order valence-electron chi connectivity index (χ4n) is 5.80. The maximum absolute atomic E-state index is 12.6. The molecule has 0 spiro atoms. The fourth-order valence-corrected chi connectivity index (χ4v) is 5.80.